The molecule has 0 fully saturated rings. The fraction of sp³-hybridized carbons (Fsp3) is 0.231. The molecule has 32 heavy (non-hydrogen) atoms. The van der Waals surface area contributed by atoms with E-state index in [1.807, 2.05) is 74.6 Å². The molecule has 0 bridgehead atoms. The zero-order valence-electron chi connectivity index (χ0n) is 18.2. The predicted molar refractivity (Wildman–Crippen MR) is 123 cm³/mol. The van der Waals surface area contributed by atoms with Crippen molar-refractivity contribution in [3.63, 3.8) is 0 Å². The van der Waals surface area contributed by atoms with Crippen LogP contribution in [-0.4, -0.2) is 30.6 Å². The monoisotopic (exact) mass is 430 g/mol. The number of hydrogen-bond acceptors (Lipinski definition) is 4. The molecule has 164 valence electrons. The molecular weight excluding hydrogens is 404 g/mol. The number of carbonyl (C=O) groups excluding carboxylic acids is 2. The molecule has 3 aromatic carbocycles. The number of hydrogen-bond donors (Lipinski definition) is 1. The standard InChI is InChI=1S/C26H26N2O4/c1-18(21-9-6-10-22(16-21)27-26(30)20-7-4-3-5-8-20)28(2)25(29)14-12-19-11-13-23-24(15-19)32-17-31-23/h3-11,13,15-16,18H,12,14,17H2,1-2H3,(H,27,30)/t18-/m1/s1. The van der Waals surface area contributed by atoms with Gasteiger partial charge in [-0.25, -0.2) is 0 Å². The summed E-state index contributed by atoms with van der Waals surface area (Å²) in [7, 11) is 1.81. The number of aryl methyl sites for hydroxylation is 1. The second-order valence-electron chi connectivity index (χ2n) is 7.81. The van der Waals surface area contributed by atoms with Crippen molar-refractivity contribution in [2.45, 2.75) is 25.8 Å². The Balaban J connectivity index is 1.36. The van der Waals surface area contributed by atoms with Gasteiger partial charge in [0.1, 0.15) is 0 Å². The summed E-state index contributed by atoms with van der Waals surface area (Å²) >= 11 is 0. The van der Waals surface area contributed by atoms with Crippen LogP contribution < -0.4 is 14.8 Å². The minimum Gasteiger partial charge on any atom is -0.454 e. The second kappa shape index (κ2) is 9.56. The third-order valence-corrected chi connectivity index (χ3v) is 5.70. The maximum atomic E-state index is 12.8. The molecule has 1 atom stereocenters. The van der Waals surface area contributed by atoms with Crippen LogP contribution >= 0.6 is 0 Å². The van der Waals surface area contributed by atoms with E-state index in [1.165, 1.54) is 0 Å². The first kappa shape index (κ1) is 21.4. The molecule has 1 aliphatic rings. The Morgan fingerprint density at radius 3 is 2.56 bits per heavy atom. The lowest BCUT2D eigenvalue weighted by molar-refractivity contribution is -0.131. The summed E-state index contributed by atoms with van der Waals surface area (Å²) in [5.74, 6) is 1.36. The van der Waals surface area contributed by atoms with E-state index in [1.54, 1.807) is 17.0 Å². The summed E-state index contributed by atoms with van der Waals surface area (Å²) < 4.78 is 10.7. The molecule has 0 saturated carbocycles. The number of amides is 2. The summed E-state index contributed by atoms with van der Waals surface area (Å²) in [5.41, 5.74) is 3.29. The summed E-state index contributed by atoms with van der Waals surface area (Å²) in [6, 6.07) is 22.3. The van der Waals surface area contributed by atoms with Crippen LogP contribution in [0.25, 0.3) is 0 Å². The first-order valence-corrected chi connectivity index (χ1v) is 10.6. The van der Waals surface area contributed by atoms with Gasteiger partial charge in [0, 0.05) is 24.7 Å². The highest BCUT2D eigenvalue weighted by molar-refractivity contribution is 6.04. The van der Waals surface area contributed by atoms with E-state index in [2.05, 4.69) is 5.32 Å². The van der Waals surface area contributed by atoms with Crippen molar-refractivity contribution in [2.24, 2.45) is 0 Å². The Morgan fingerprint density at radius 2 is 1.75 bits per heavy atom. The van der Waals surface area contributed by atoms with Crippen LogP contribution in [0, 0.1) is 0 Å². The average molecular weight is 431 g/mol. The lowest BCUT2D eigenvalue weighted by atomic mass is 10.0. The molecule has 0 aliphatic carbocycles. The first-order chi connectivity index (χ1) is 15.5. The van der Waals surface area contributed by atoms with E-state index in [-0.39, 0.29) is 24.6 Å². The molecule has 0 saturated heterocycles. The first-order valence-electron chi connectivity index (χ1n) is 10.6. The molecular formula is C26H26N2O4. The molecule has 6 heteroatoms. The van der Waals surface area contributed by atoms with Crippen LogP contribution in [0.2, 0.25) is 0 Å². The number of fused-ring (bicyclic) bond motifs is 1. The molecule has 1 heterocycles. The zero-order chi connectivity index (χ0) is 22.5. The number of benzene rings is 3. The Kier molecular flexibility index (Phi) is 6.40. The number of rotatable bonds is 7. The lowest BCUT2D eigenvalue weighted by Crippen LogP contribution is -2.29. The van der Waals surface area contributed by atoms with Gasteiger partial charge in [-0.3, -0.25) is 9.59 Å². The lowest BCUT2D eigenvalue weighted by Gasteiger charge is -2.26. The zero-order valence-corrected chi connectivity index (χ0v) is 18.2. The van der Waals surface area contributed by atoms with Crippen LogP contribution in [0.1, 0.15) is 40.9 Å². The molecule has 1 aliphatic heterocycles. The van der Waals surface area contributed by atoms with Crippen LogP contribution in [-0.2, 0) is 11.2 Å². The van der Waals surface area contributed by atoms with Crippen molar-refractivity contribution in [1.29, 1.82) is 0 Å². The van der Waals surface area contributed by atoms with Gasteiger partial charge in [0.2, 0.25) is 12.7 Å². The van der Waals surface area contributed by atoms with E-state index < -0.39 is 0 Å². The van der Waals surface area contributed by atoms with Crippen molar-refractivity contribution < 1.29 is 19.1 Å². The van der Waals surface area contributed by atoms with E-state index in [0.717, 1.165) is 22.6 Å². The number of nitrogens with one attached hydrogen (secondary N) is 1. The van der Waals surface area contributed by atoms with Crippen molar-refractivity contribution in [2.75, 3.05) is 19.2 Å². The van der Waals surface area contributed by atoms with Crippen LogP contribution in [0.3, 0.4) is 0 Å². The van der Waals surface area contributed by atoms with Crippen LogP contribution in [0.5, 0.6) is 11.5 Å². The summed E-state index contributed by atoms with van der Waals surface area (Å²) in [6.45, 7) is 2.22. The van der Waals surface area contributed by atoms with Gasteiger partial charge in [0.05, 0.1) is 6.04 Å². The van der Waals surface area contributed by atoms with E-state index in [0.29, 0.717) is 24.1 Å². The van der Waals surface area contributed by atoms with E-state index >= 15 is 0 Å². The molecule has 6 nitrogen and oxygen atoms in total. The SMILES string of the molecule is C[C@H](c1cccc(NC(=O)c2ccccc2)c1)N(C)C(=O)CCc1ccc2c(c1)OCO2. The molecule has 0 radical (unpaired) electrons. The highest BCUT2D eigenvalue weighted by Crippen LogP contribution is 2.33. The second-order valence-corrected chi connectivity index (χ2v) is 7.81. The fourth-order valence-electron chi connectivity index (χ4n) is 3.63. The van der Waals surface area contributed by atoms with Crippen molar-refractivity contribution >= 4 is 17.5 Å². The largest absolute Gasteiger partial charge is 0.454 e. The van der Waals surface area contributed by atoms with Gasteiger partial charge in [0.15, 0.2) is 11.5 Å². The van der Waals surface area contributed by atoms with Crippen LogP contribution in [0.15, 0.2) is 72.8 Å². The number of carbonyl (C=O) groups is 2. The summed E-state index contributed by atoms with van der Waals surface area (Å²) in [6.07, 6.45) is 1.02. The minimum absolute atomic E-state index is 0.0499. The van der Waals surface area contributed by atoms with Gasteiger partial charge in [-0.05, 0) is 60.9 Å². The minimum atomic E-state index is -0.163. The summed E-state index contributed by atoms with van der Waals surface area (Å²) in [4.78, 5) is 27.0. The molecule has 0 spiro atoms. The van der Waals surface area contributed by atoms with Gasteiger partial charge < -0.3 is 19.7 Å². The molecule has 3 aromatic rings. The smallest absolute Gasteiger partial charge is 0.255 e. The number of anilines is 1. The number of nitrogens with zero attached hydrogens (tertiary/aromatic N) is 1. The van der Waals surface area contributed by atoms with Gasteiger partial charge in [-0.15, -0.1) is 0 Å². The molecule has 2 amide bonds. The summed E-state index contributed by atoms with van der Waals surface area (Å²) in [5, 5.41) is 2.92. The van der Waals surface area contributed by atoms with Gasteiger partial charge in [-0.2, -0.15) is 0 Å². The van der Waals surface area contributed by atoms with Crippen LogP contribution in [0.4, 0.5) is 5.69 Å². The average Bonchev–Trinajstić information content (AvgIpc) is 3.30. The van der Waals surface area contributed by atoms with E-state index in [9.17, 15) is 9.59 Å². The van der Waals surface area contributed by atoms with Crippen molar-refractivity contribution in [1.82, 2.24) is 4.90 Å². The molecule has 0 unspecified atom stereocenters. The molecule has 0 aromatic heterocycles. The topological polar surface area (TPSA) is 67.9 Å². The van der Waals surface area contributed by atoms with Gasteiger partial charge in [0.25, 0.3) is 5.91 Å². The van der Waals surface area contributed by atoms with Crippen molar-refractivity contribution in [3.8, 4) is 11.5 Å². The molecule has 4 rings (SSSR count). The Labute approximate surface area is 187 Å². The maximum Gasteiger partial charge on any atom is 0.255 e. The fourth-order valence-corrected chi connectivity index (χ4v) is 3.63. The maximum absolute atomic E-state index is 12.8. The predicted octanol–water partition coefficient (Wildman–Crippen LogP) is 4.82. The normalized spacial score (nSPS) is 12.8. The Bertz CT molecular complexity index is 1110. The van der Waals surface area contributed by atoms with E-state index in [4.69, 9.17) is 9.47 Å². The van der Waals surface area contributed by atoms with Gasteiger partial charge >= 0.3 is 0 Å². The third-order valence-electron chi connectivity index (χ3n) is 5.70. The van der Waals surface area contributed by atoms with Crippen molar-refractivity contribution in [3.05, 3.63) is 89.5 Å². The quantitative estimate of drug-likeness (QED) is 0.584. The van der Waals surface area contributed by atoms with Gasteiger partial charge in [-0.1, -0.05) is 36.4 Å². The third kappa shape index (κ3) is 4.91. The Hall–Kier alpha value is -3.80. The molecule has 1 N–H and O–H groups in total. The highest BCUT2D eigenvalue weighted by atomic mass is 16.7. The number of ether oxygens (including phenoxy) is 2. The Morgan fingerprint density at radius 1 is 0.969 bits per heavy atom. The highest BCUT2D eigenvalue weighted by Gasteiger charge is 2.19.